The first-order valence-corrected chi connectivity index (χ1v) is 7.63. The molecule has 1 heterocycles. The van der Waals surface area contributed by atoms with Crippen LogP contribution >= 0.6 is 12.0 Å². The fourth-order valence-corrected chi connectivity index (χ4v) is 3.05. The van der Waals surface area contributed by atoms with E-state index in [9.17, 15) is 0 Å². The number of fused-ring (bicyclic) bond motifs is 1. The molecule has 2 rings (SSSR count). The van der Waals surface area contributed by atoms with Crippen LogP contribution in [0.5, 0.6) is 0 Å². The number of benzene rings is 1. The first kappa shape index (κ1) is 15.5. The van der Waals surface area contributed by atoms with Crippen LogP contribution in [-0.4, -0.2) is 27.3 Å². The van der Waals surface area contributed by atoms with Gasteiger partial charge in [-0.25, -0.2) is 5.26 Å². The maximum absolute atomic E-state index is 8.18. The smallest absolute Gasteiger partial charge is 0.209 e. The van der Waals surface area contributed by atoms with Crippen LogP contribution in [0, 0.1) is 0 Å². The van der Waals surface area contributed by atoms with Gasteiger partial charge in [-0.05, 0) is 13.8 Å². The lowest BCUT2D eigenvalue weighted by atomic mass is 9.82. The van der Waals surface area contributed by atoms with Gasteiger partial charge < -0.3 is 0 Å². The van der Waals surface area contributed by atoms with Crippen molar-refractivity contribution in [3.63, 3.8) is 0 Å². The van der Waals surface area contributed by atoms with E-state index < -0.39 is 0 Å². The summed E-state index contributed by atoms with van der Waals surface area (Å²) in [6.45, 7) is 9.70. The third-order valence-electron chi connectivity index (χ3n) is 4.17. The first-order chi connectivity index (χ1) is 9.48. The number of rotatable bonds is 6. The van der Waals surface area contributed by atoms with Crippen molar-refractivity contribution in [2.45, 2.75) is 44.8 Å². The monoisotopic (exact) mass is 296 g/mol. The van der Waals surface area contributed by atoms with Gasteiger partial charge in [-0.3, -0.25) is 0 Å². The van der Waals surface area contributed by atoms with Gasteiger partial charge in [-0.1, -0.05) is 30.2 Å². The highest BCUT2D eigenvalue weighted by Crippen LogP contribution is 2.39. The molecule has 1 unspecified atom stereocenters. The van der Waals surface area contributed by atoms with E-state index in [2.05, 4.69) is 59.0 Å². The largest absolute Gasteiger partial charge is 0.220 e. The Hall–Kier alpha value is -0.880. The van der Waals surface area contributed by atoms with Crippen molar-refractivity contribution < 1.29 is 19.2 Å². The van der Waals surface area contributed by atoms with Crippen molar-refractivity contribution >= 4 is 23.4 Å². The number of para-hydroxylation sites is 1. The van der Waals surface area contributed by atoms with E-state index >= 15 is 0 Å². The van der Waals surface area contributed by atoms with Gasteiger partial charge in [0.25, 0.3) is 0 Å². The molecule has 1 aromatic carbocycles. The Kier molecular flexibility index (Phi) is 4.86. The lowest BCUT2D eigenvalue weighted by Crippen LogP contribution is -2.27. The molecular weight excluding hydrogens is 274 g/mol. The van der Waals surface area contributed by atoms with Crippen molar-refractivity contribution in [3.05, 3.63) is 29.8 Å². The Labute approximate surface area is 124 Å². The van der Waals surface area contributed by atoms with Gasteiger partial charge in [-0.15, -0.1) is 4.33 Å². The topological polar surface area (TPSA) is 41.7 Å². The molecule has 0 bridgehead atoms. The summed E-state index contributed by atoms with van der Waals surface area (Å²) in [5.41, 5.74) is 4.13. The van der Waals surface area contributed by atoms with E-state index in [1.807, 2.05) is 6.92 Å². The van der Waals surface area contributed by atoms with Gasteiger partial charge in [0.2, 0.25) is 5.69 Å². The Morgan fingerprint density at radius 2 is 2.05 bits per heavy atom. The van der Waals surface area contributed by atoms with Crippen LogP contribution in [0.4, 0.5) is 5.69 Å². The molecule has 1 aromatic rings. The lowest BCUT2D eigenvalue weighted by Gasteiger charge is -2.14. The first-order valence-electron chi connectivity index (χ1n) is 6.83. The molecule has 1 aliphatic rings. The molecule has 4 nitrogen and oxygen atoms in total. The molecule has 0 fully saturated rings. The second kappa shape index (κ2) is 6.26. The molecule has 1 atom stereocenters. The van der Waals surface area contributed by atoms with Gasteiger partial charge in [-0.2, -0.15) is 4.58 Å². The third kappa shape index (κ3) is 2.91. The predicted octanol–water partition coefficient (Wildman–Crippen LogP) is 3.93. The van der Waals surface area contributed by atoms with Gasteiger partial charge >= 0.3 is 0 Å². The van der Waals surface area contributed by atoms with E-state index in [-0.39, 0.29) is 10.7 Å². The van der Waals surface area contributed by atoms with Crippen molar-refractivity contribution in [1.29, 1.82) is 0 Å². The minimum Gasteiger partial charge on any atom is -0.220 e. The zero-order valence-electron chi connectivity index (χ0n) is 12.4. The Morgan fingerprint density at radius 1 is 1.35 bits per heavy atom. The zero-order chi connectivity index (χ0) is 14.8. The van der Waals surface area contributed by atoms with Gasteiger partial charge in [0.05, 0.1) is 5.41 Å². The zero-order valence-corrected chi connectivity index (χ0v) is 13.2. The Bertz CT molecular complexity index is 514. The molecular formula is C15H22NO3S+. The van der Waals surface area contributed by atoms with Gasteiger partial charge in [0, 0.05) is 42.3 Å². The molecule has 0 radical (unpaired) electrons. The standard InChI is InChI=1S/C15H21NO3S/c1-11(20-19-18-17)9-10-16-12(2)15(3,4)13-7-5-6-8-14(13)16/h5-8,11H,9-10H2,1-4H3/p+1. The fraction of sp³-hybridized carbons (Fsp3) is 0.533. The molecule has 0 saturated carbocycles. The normalized spacial score (nSPS) is 18.2. The van der Waals surface area contributed by atoms with Crippen LogP contribution < -0.4 is 0 Å². The second-order valence-electron chi connectivity index (χ2n) is 5.72. The second-order valence-corrected chi connectivity index (χ2v) is 6.85. The minimum atomic E-state index is 0.0810. The fourth-order valence-electron chi connectivity index (χ4n) is 2.68. The number of hydrogen-bond donors (Lipinski definition) is 1. The predicted molar refractivity (Wildman–Crippen MR) is 81.4 cm³/mol. The summed E-state index contributed by atoms with van der Waals surface area (Å²) < 4.78 is 6.88. The van der Waals surface area contributed by atoms with Crippen molar-refractivity contribution in [2.24, 2.45) is 0 Å². The Morgan fingerprint density at radius 3 is 2.75 bits per heavy atom. The van der Waals surface area contributed by atoms with Gasteiger partial charge in [0.1, 0.15) is 6.54 Å². The summed E-state index contributed by atoms with van der Waals surface area (Å²) in [6, 6.07) is 8.57. The summed E-state index contributed by atoms with van der Waals surface area (Å²) in [6.07, 6.45) is 0.940. The molecule has 0 aliphatic carbocycles. The summed E-state index contributed by atoms with van der Waals surface area (Å²) in [5, 5.41) is 12.1. The van der Waals surface area contributed by atoms with Gasteiger partial charge in [0.15, 0.2) is 5.71 Å². The molecule has 0 spiro atoms. The van der Waals surface area contributed by atoms with E-state index in [0.717, 1.165) is 25.0 Å². The molecule has 0 aromatic heterocycles. The van der Waals surface area contributed by atoms with E-state index in [1.165, 1.54) is 17.0 Å². The highest BCUT2D eigenvalue weighted by atomic mass is 32.2. The SMILES string of the molecule is CC1=[N+](CCC(C)SOOO)c2ccccc2C1(C)C. The van der Waals surface area contributed by atoms with Crippen LogP contribution in [-0.2, 0) is 14.8 Å². The van der Waals surface area contributed by atoms with Crippen LogP contribution in [0.3, 0.4) is 0 Å². The maximum Gasteiger partial charge on any atom is 0.209 e. The van der Waals surface area contributed by atoms with E-state index in [0.29, 0.717) is 0 Å². The maximum atomic E-state index is 8.18. The number of nitrogens with zero attached hydrogens (tertiary/aromatic N) is 1. The molecule has 0 saturated heterocycles. The van der Waals surface area contributed by atoms with Crippen LogP contribution in [0.2, 0.25) is 0 Å². The molecule has 20 heavy (non-hydrogen) atoms. The summed E-state index contributed by atoms with van der Waals surface area (Å²) in [7, 11) is 0. The van der Waals surface area contributed by atoms with Crippen LogP contribution in [0.25, 0.3) is 0 Å². The average Bonchev–Trinajstić information content (AvgIpc) is 2.63. The molecule has 5 heteroatoms. The number of hydrogen-bond acceptors (Lipinski definition) is 4. The highest BCUT2D eigenvalue weighted by molar-refractivity contribution is 7.95. The third-order valence-corrected chi connectivity index (χ3v) is 4.87. The molecule has 1 aliphatic heterocycles. The quantitative estimate of drug-likeness (QED) is 0.374. The molecule has 0 amide bonds. The lowest BCUT2D eigenvalue weighted by molar-refractivity contribution is -0.440. The van der Waals surface area contributed by atoms with Crippen molar-refractivity contribution in [3.8, 4) is 0 Å². The average molecular weight is 296 g/mol. The summed E-state index contributed by atoms with van der Waals surface area (Å²) in [5.74, 6) is 0. The highest BCUT2D eigenvalue weighted by Gasteiger charge is 2.42. The molecule has 110 valence electrons. The Balaban J connectivity index is 2.13. The molecule has 1 N–H and O–H groups in total. The minimum absolute atomic E-state index is 0.0810. The summed E-state index contributed by atoms with van der Waals surface area (Å²) >= 11 is 1.13. The van der Waals surface area contributed by atoms with E-state index in [1.54, 1.807) is 0 Å². The van der Waals surface area contributed by atoms with Crippen molar-refractivity contribution in [2.75, 3.05) is 6.54 Å². The van der Waals surface area contributed by atoms with Crippen molar-refractivity contribution in [1.82, 2.24) is 0 Å². The van der Waals surface area contributed by atoms with Crippen LogP contribution in [0.15, 0.2) is 24.3 Å². The summed E-state index contributed by atoms with van der Waals surface area (Å²) in [4.78, 5) is 0. The van der Waals surface area contributed by atoms with E-state index in [4.69, 9.17) is 5.26 Å². The van der Waals surface area contributed by atoms with Crippen LogP contribution in [0.1, 0.15) is 39.7 Å².